The summed E-state index contributed by atoms with van der Waals surface area (Å²) in [6.45, 7) is 1.74. The third kappa shape index (κ3) is 4.68. The van der Waals surface area contributed by atoms with Crippen molar-refractivity contribution in [2.45, 2.75) is 18.7 Å². The van der Waals surface area contributed by atoms with Gasteiger partial charge in [-0.05, 0) is 36.8 Å². The molecule has 1 atom stereocenters. The van der Waals surface area contributed by atoms with E-state index in [0.717, 1.165) is 0 Å². The Morgan fingerprint density at radius 2 is 1.95 bits per heavy atom. The molecule has 0 aliphatic carbocycles. The summed E-state index contributed by atoms with van der Waals surface area (Å²) in [6, 6.07) is 9.72. The number of nitrogens with zero attached hydrogens (tertiary/aromatic N) is 1. The summed E-state index contributed by atoms with van der Waals surface area (Å²) in [5.74, 6) is -0.166. The van der Waals surface area contributed by atoms with Gasteiger partial charge in [-0.3, -0.25) is 4.98 Å². The minimum atomic E-state index is -3.50. The van der Waals surface area contributed by atoms with Crippen LogP contribution in [0.5, 0.6) is 0 Å². The van der Waals surface area contributed by atoms with E-state index in [0.29, 0.717) is 21.3 Å². The lowest BCUT2D eigenvalue weighted by Crippen LogP contribution is -2.28. The van der Waals surface area contributed by atoms with E-state index in [2.05, 4.69) is 9.71 Å². The van der Waals surface area contributed by atoms with Gasteiger partial charge in [0.25, 0.3) is 0 Å². The molecule has 1 aromatic carbocycles. The van der Waals surface area contributed by atoms with Crippen molar-refractivity contribution >= 4 is 33.2 Å². The highest BCUT2D eigenvalue weighted by molar-refractivity contribution is 7.88. The summed E-state index contributed by atoms with van der Waals surface area (Å²) in [4.78, 5) is 4.13. The summed E-state index contributed by atoms with van der Waals surface area (Å²) in [5.41, 5.74) is 1.24. The summed E-state index contributed by atoms with van der Waals surface area (Å²) >= 11 is 11.7. The fourth-order valence-corrected chi connectivity index (χ4v) is 3.53. The second-order valence-electron chi connectivity index (χ2n) is 4.60. The smallest absolute Gasteiger partial charge is 0.216 e. The van der Waals surface area contributed by atoms with Crippen molar-refractivity contribution in [1.29, 1.82) is 0 Å². The number of halogens is 2. The highest BCUT2D eigenvalue weighted by atomic mass is 35.5. The van der Waals surface area contributed by atoms with Crippen molar-refractivity contribution in [2.75, 3.05) is 0 Å². The molecule has 0 saturated carbocycles. The van der Waals surface area contributed by atoms with E-state index in [-0.39, 0.29) is 5.75 Å². The predicted octanol–water partition coefficient (Wildman–Crippen LogP) is 3.57. The maximum Gasteiger partial charge on any atom is 0.216 e. The van der Waals surface area contributed by atoms with Gasteiger partial charge in [-0.2, -0.15) is 0 Å². The van der Waals surface area contributed by atoms with E-state index in [1.807, 2.05) is 6.07 Å². The Hall–Kier alpha value is -1.14. The number of hydrogen-bond acceptors (Lipinski definition) is 3. The maximum absolute atomic E-state index is 12.2. The Morgan fingerprint density at radius 3 is 2.57 bits per heavy atom. The summed E-state index contributed by atoms with van der Waals surface area (Å²) in [7, 11) is -3.50. The van der Waals surface area contributed by atoms with E-state index in [9.17, 15) is 8.42 Å². The Labute approximate surface area is 134 Å². The minimum absolute atomic E-state index is 0.166. The van der Waals surface area contributed by atoms with E-state index < -0.39 is 16.1 Å². The third-order valence-corrected chi connectivity index (χ3v) is 4.99. The van der Waals surface area contributed by atoms with Crippen LogP contribution in [0, 0.1) is 0 Å². The average molecular weight is 345 g/mol. The zero-order chi connectivity index (χ0) is 15.5. The third-order valence-electron chi connectivity index (χ3n) is 2.83. The SMILES string of the molecule is C[C@@H](NS(=O)(=O)Cc1ccc(Cl)c(Cl)c1)c1ccccn1. The molecule has 7 heteroatoms. The Bertz CT molecular complexity index is 721. The van der Waals surface area contributed by atoms with Gasteiger partial charge in [0.1, 0.15) is 0 Å². The summed E-state index contributed by atoms with van der Waals surface area (Å²) in [6.07, 6.45) is 1.62. The molecular weight excluding hydrogens is 331 g/mol. The topological polar surface area (TPSA) is 59.1 Å². The molecule has 0 unspecified atom stereocenters. The van der Waals surface area contributed by atoms with Crippen LogP contribution in [0.15, 0.2) is 42.6 Å². The maximum atomic E-state index is 12.2. The highest BCUT2D eigenvalue weighted by Gasteiger charge is 2.17. The van der Waals surface area contributed by atoms with Crippen molar-refractivity contribution in [3.05, 3.63) is 63.9 Å². The van der Waals surface area contributed by atoms with Gasteiger partial charge in [0.05, 0.1) is 27.5 Å². The van der Waals surface area contributed by atoms with Crippen LogP contribution in [-0.4, -0.2) is 13.4 Å². The van der Waals surface area contributed by atoms with E-state index >= 15 is 0 Å². The first kappa shape index (κ1) is 16.2. The Morgan fingerprint density at radius 1 is 1.19 bits per heavy atom. The second kappa shape index (κ2) is 6.75. The number of benzene rings is 1. The van der Waals surface area contributed by atoms with Crippen LogP contribution >= 0.6 is 23.2 Å². The zero-order valence-electron chi connectivity index (χ0n) is 11.3. The molecule has 1 heterocycles. The van der Waals surface area contributed by atoms with Crippen molar-refractivity contribution in [2.24, 2.45) is 0 Å². The Balaban J connectivity index is 2.10. The molecule has 4 nitrogen and oxygen atoms in total. The molecule has 0 aliphatic heterocycles. The molecule has 0 fully saturated rings. The van der Waals surface area contributed by atoms with E-state index in [1.54, 1.807) is 43.5 Å². The Kier molecular flexibility index (Phi) is 5.22. The normalized spacial score (nSPS) is 13.1. The van der Waals surface area contributed by atoms with Gasteiger partial charge in [-0.15, -0.1) is 0 Å². The molecule has 21 heavy (non-hydrogen) atoms. The number of sulfonamides is 1. The summed E-state index contributed by atoms with van der Waals surface area (Å²) in [5, 5.41) is 0.731. The van der Waals surface area contributed by atoms with Crippen molar-refractivity contribution in [1.82, 2.24) is 9.71 Å². The van der Waals surface area contributed by atoms with Gasteiger partial charge in [0.15, 0.2) is 0 Å². The number of aromatic nitrogens is 1. The molecule has 1 aromatic heterocycles. The minimum Gasteiger partial charge on any atom is -0.260 e. The monoisotopic (exact) mass is 344 g/mol. The van der Waals surface area contributed by atoms with Crippen LogP contribution in [0.2, 0.25) is 10.0 Å². The molecule has 0 saturated heterocycles. The number of nitrogens with one attached hydrogen (secondary N) is 1. The standard InChI is InChI=1S/C14H14Cl2N2O2S/c1-10(14-4-2-3-7-17-14)18-21(19,20)9-11-5-6-12(15)13(16)8-11/h2-8,10,18H,9H2,1H3/t10-/m1/s1. The van der Waals surface area contributed by atoms with Crippen molar-refractivity contribution in [3.63, 3.8) is 0 Å². The van der Waals surface area contributed by atoms with Gasteiger partial charge in [-0.1, -0.05) is 35.3 Å². The number of hydrogen-bond donors (Lipinski definition) is 1. The first-order valence-corrected chi connectivity index (χ1v) is 8.63. The fraction of sp³-hybridized carbons (Fsp3) is 0.214. The van der Waals surface area contributed by atoms with E-state index in [4.69, 9.17) is 23.2 Å². The molecule has 0 amide bonds. The molecule has 0 spiro atoms. The molecule has 0 radical (unpaired) electrons. The quantitative estimate of drug-likeness (QED) is 0.901. The highest BCUT2D eigenvalue weighted by Crippen LogP contribution is 2.23. The van der Waals surface area contributed by atoms with Crippen molar-refractivity contribution in [3.8, 4) is 0 Å². The van der Waals surface area contributed by atoms with Crippen LogP contribution in [0.3, 0.4) is 0 Å². The largest absolute Gasteiger partial charge is 0.260 e. The molecule has 2 rings (SSSR count). The first-order chi connectivity index (χ1) is 9.87. The molecule has 1 N–H and O–H groups in total. The van der Waals surface area contributed by atoms with Crippen LogP contribution in [-0.2, 0) is 15.8 Å². The fourth-order valence-electron chi connectivity index (χ4n) is 1.85. The van der Waals surface area contributed by atoms with Gasteiger partial charge in [0.2, 0.25) is 10.0 Å². The van der Waals surface area contributed by atoms with Crippen molar-refractivity contribution < 1.29 is 8.42 Å². The molecule has 0 bridgehead atoms. The lowest BCUT2D eigenvalue weighted by Gasteiger charge is -2.14. The van der Waals surface area contributed by atoms with E-state index in [1.165, 1.54) is 0 Å². The van der Waals surface area contributed by atoms with Crippen LogP contribution in [0.4, 0.5) is 0 Å². The lowest BCUT2D eigenvalue weighted by molar-refractivity contribution is 0.563. The second-order valence-corrected chi connectivity index (χ2v) is 7.17. The van der Waals surface area contributed by atoms with Gasteiger partial charge in [0, 0.05) is 6.20 Å². The number of rotatable bonds is 5. The van der Waals surface area contributed by atoms with Crippen LogP contribution < -0.4 is 4.72 Å². The molecule has 112 valence electrons. The lowest BCUT2D eigenvalue weighted by atomic mass is 10.2. The molecule has 2 aromatic rings. The van der Waals surface area contributed by atoms with Gasteiger partial charge in [-0.25, -0.2) is 13.1 Å². The average Bonchev–Trinajstić information content (AvgIpc) is 2.43. The first-order valence-electron chi connectivity index (χ1n) is 6.22. The van der Waals surface area contributed by atoms with Gasteiger partial charge >= 0.3 is 0 Å². The molecule has 0 aliphatic rings. The number of pyridine rings is 1. The molecular formula is C14H14Cl2N2O2S. The van der Waals surface area contributed by atoms with Gasteiger partial charge < -0.3 is 0 Å². The van der Waals surface area contributed by atoms with Crippen LogP contribution in [0.1, 0.15) is 24.2 Å². The van der Waals surface area contributed by atoms with Crippen LogP contribution in [0.25, 0.3) is 0 Å². The summed E-state index contributed by atoms with van der Waals surface area (Å²) < 4.78 is 26.9. The zero-order valence-corrected chi connectivity index (χ0v) is 13.6. The predicted molar refractivity (Wildman–Crippen MR) is 84.9 cm³/mol.